The van der Waals surface area contributed by atoms with Gasteiger partial charge in [0.2, 0.25) is 0 Å². The Morgan fingerprint density at radius 3 is 2.78 bits per heavy atom. The lowest BCUT2D eigenvalue weighted by Gasteiger charge is -2.17. The molecule has 0 aliphatic heterocycles. The van der Waals surface area contributed by atoms with Gasteiger partial charge in [0.05, 0.1) is 13.2 Å². The van der Waals surface area contributed by atoms with E-state index < -0.39 is 0 Å². The number of nitrogens with one attached hydrogen (secondary N) is 2. The van der Waals surface area contributed by atoms with Crippen LogP contribution in [0.2, 0.25) is 0 Å². The zero-order valence-corrected chi connectivity index (χ0v) is 11.7. The minimum Gasteiger partial charge on any atom is -0.494 e. The standard InChI is InChI=1S/C13H19FN2OS/c1-4-7-15-13(18)16-9(2)10-5-6-12(17-3)11(14)8-10/h5-6,8-9H,4,7H2,1-3H3,(H2,15,16,18)/t9-/m1/s1. The molecule has 1 rings (SSSR count). The van der Waals surface area contributed by atoms with E-state index in [-0.39, 0.29) is 17.6 Å². The normalized spacial score (nSPS) is 11.8. The summed E-state index contributed by atoms with van der Waals surface area (Å²) in [5.41, 5.74) is 0.828. The average Bonchev–Trinajstić information content (AvgIpc) is 2.36. The number of hydrogen-bond acceptors (Lipinski definition) is 2. The fourth-order valence-electron chi connectivity index (χ4n) is 1.52. The van der Waals surface area contributed by atoms with Gasteiger partial charge in [-0.3, -0.25) is 0 Å². The molecular weight excluding hydrogens is 251 g/mol. The van der Waals surface area contributed by atoms with Crippen LogP contribution < -0.4 is 15.4 Å². The molecule has 0 heterocycles. The van der Waals surface area contributed by atoms with Crippen molar-refractivity contribution >= 4 is 17.3 Å². The number of hydrogen-bond donors (Lipinski definition) is 2. The Hall–Kier alpha value is -1.36. The van der Waals surface area contributed by atoms with Crippen LogP contribution in [0.4, 0.5) is 4.39 Å². The van der Waals surface area contributed by atoms with Gasteiger partial charge in [0, 0.05) is 6.54 Å². The molecule has 0 amide bonds. The molecule has 0 aliphatic carbocycles. The summed E-state index contributed by atoms with van der Waals surface area (Å²) in [4.78, 5) is 0. The summed E-state index contributed by atoms with van der Waals surface area (Å²) in [6, 6.07) is 4.84. The van der Waals surface area contributed by atoms with E-state index in [1.165, 1.54) is 13.2 Å². The van der Waals surface area contributed by atoms with Gasteiger partial charge in [-0.05, 0) is 43.3 Å². The Balaban J connectivity index is 2.63. The van der Waals surface area contributed by atoms with E-state index in [1.54, 1.807) is 6.07 Å². The van der Waals surface area contributed by atoms with Crippen LogP contribution >= 0.6 is 12.2 Å². The van der Waals surface area contributed by atoms with Crippen LogP contribution in [-0.4, -0.2) is 18.8 Å². The molecule has 0 saturated heterocycles. The van der Waals surface area contributed by atoms with E-state index in [1.807, 2.05) is 13.0 Å². The number of halogens is 1. The van der Waals surface area contributed by atoms with Crippen molar-refractivity contribution in [1.29, 1.82) is 0 Å². The van der Waals surface area contributed by atoms with Crippen molar-refractivity contribution in [3.8, 4) is 5.75 Å². The highest BCUT2D eigenvalue weighted by molar-refractivity contribution is 7.80. The monoisotopic (exact) mass is 270 g/mol. The van der Waals surface area contributed by atoms with Gasteiger partial charge in [-0.25, -0.2) is 4.39 Å². The highest BCUT2D eigenvalue weighted by Crippen LogP contribution is 2.21. The van der Waals surface area contributed by atoms with Crippen molar-refractivity contribution in [2.75, 3.05) is 13.7 Å². The molecule has 1 aromatic carbocycles. The van der Waals surface area contributed by atoms with Crippen molar-refractivity contribution in [2.45, 2.75) is 26.3 Å². The van der Waals surface area contributed by atoms with E-state index in [0.717, 1.165) is 18.5 Å². The van der Waals surface area contributed by atoms with Crippen LogP contribution in [0.25, 0.3) is 0 Å². The molecule has 100 valence electrons. The first-order valence-corrected chi connectivity index (χ1v) is 6.37. The van der Waals surface area contributed by atoms with Crippen LogP contribution in [0.1, 0.15) is 31.9 Å². The van der Waals surface area contributed by atoms with Gasteiger partial charge in [0.1, 0.15) is 0 Å². The fourth-order valence-corrected chi connectivity index (χ4v) is 1.80. The van der Waals surface area contributed by atoms with E-state index in [9.17, 15) is 4.39 Å². The summed E-state index contributed by atoms with van der Waals surface area (Å²) in [5, 5.41) is 6.76. The summed E-state index contributed by atoms with van der Waals surface area (Å²) < 4.78 is 18.4. The van der Waals surface area contributed by atoms with Crippen LogP contribution in [0, 0.1) is 5.82 Å². The lowest BCUT2D eigenvalue weighted by atomic mass is 10.1. The van der Waals surface area contributed by atoms with Crippen molar-refractivity contribution in [1.82, 2.24) is 10.6 Å². The zero-order valence-electron chi connectivity index (χ0n) is 10.9. The molecule has 0 spiro atoms. The number of ether oxygens (including phenoxy) is 1. The van der Waals surface area contributed by atoms with Crippen LogP contribution in [0.3, 0.4) is 0 Å². The van der Waals surface area contributed by atoms with E-state index in [4.69, 9.17) is 17.0 Å². The molecule has 2 N–H and O–H groups in total. The Labute approximate surface area is 113 Å². The summed E-state index contributed by atoms with van der Waals surface area (Å²) in [6.45, 7) is 4.83. The SMILES string of the molecule is CCCNC(=S)N[C@H](C)c1ccc(OC)c(F)c1. The van der Waals surface area contributed by atoms with Crippen molar-refractivity contribution in [3.63, 3.8) is 0 Å². The Morgan fingerprint density at radius 1 is 1.50 bits per heavy atom. The van der Waals surface area contributed by atoms with Crippen molar-refractivity contribution < 1.29 is 9.13 Å². The average molecular weight is 270 g/mol. The summed E-state index contributed by atoms with van der Waals surface area (Å²) in [6.07, 6.45) is 1.01. The highest BCUT2D eigenvalue weighted by Gasteiger charge is 2.10. The maximum atomic E-state index is 13.5. The van der Waals surface area contributed by atoms with Crippen LogP contribution in [0.15, 0.2) is 18.2 Å². The van der Waals surface area contributed by atoms with Crippen LogP contribution in [-0.2, 0) is 0 Å². The second kappa shape index (κ2) is 7.16. The fraction of sp³-hybridized carbons (Fsp3) is 0.462. The maximum absolute atomic E-state index is 13.5. The third-order valence-electron chi connectivity index (χ3n) is 2.56. The molecule has 1 aromatic rings. The molecule has 0 aliphatic rings. The molecule has 18 heavy (non-hydrogen) atoms. The summed E-state index contributed by atoms with van der Waals surface area (Å²) in [7, 11) is 1.45. The predicted molar refractivity (Wildman–Crippen MR) is 75.4 cm³/mol. The third kappa shape index (κ3) is 4.14. The maximum Gasteiger partial charge on any atom is 0.166 e. The molecule has 0 saturated carbocycles. The van der Waals surface area contributed by atoms with Gasteiger partial charge in [0.25, 0.3) is 0 Å². The quantitative estimate of drug-likeness (QED) is 0.806. The summed E-state index contributed by atoms with van der Waals surface area (Å²) >= 11 is 5.14. The Bertz CT molecular complexity index is 412. The smallest absolute Gasteiger partial charge is 0.166 e. The number of benzene rings is 1. The molecule has 0 aromatic heterocycles. The van der Waals surface area contributed by atoms with Gasteiger partial charge in [0.15, 0.2) is 16.7 Å². The minimum atomic E-state index is -0.365. The van der Waals surface area contributed by atoms with Gasteiger partial charge in [-0.2, -0.15) is 0 Å². The second-order valence-corrected chi connectivity index (χ2v) is 4.42. The lowest BCUT2D eigenvalue weighted by Crippen LogP contribution is -2.37. The molecule has 0 fully saturated rings. The minimum absolute atomic E-state index is 0.0535. The van der Waals surface area contributed by atoms with Gasteiger partial charge >= 0.3 is 0 Å². The molecule has 0 radical (unpaired) electrons. The molecule has 0 bridgehead atoms. The predicted octanol–water partition coefficient (Wildman–Crippen LogP) is 2.77. The Morgan fingerprint density at radius 2 is 2.22 bits per heavy atom. The van der Waals surface area contributed by atoms with E-state index in [0.29, 0.717) is 5.11 Å². The first-order valence-electron chi connectivity index (χ1n) is 5.96. The van der Waals surface area contributed by atoms with Gasteiger partial charge in [-0.1, -0.05) is 13.0 Å². The first-order chi connectivity index (χ1) is 8.58. The summed E-state index contributed by atoms with van der Waals surface area (Å²) in [5.74, 6) is -0.117. The van der Waals surface area contributed by atoms with Gasteiger partial charge in [-0.15, -0.1) is 0 Å². The largest absolute Gasteiger partial charge is 0.494 e. The van der Waals surface area contributed by atoms with E-state index in [2.05, 4.69) is 17.6 Å². The molecule has 0 unspecified atom stereocenters. The lowest BCUT2D eigenvalue weighted by molar-refractivity contribution is 0.386. The zero-order chi connectivity index (χ0) is 13.5. The Kier molecular flexibility index (Phi) is 5.85. The molecule has 5 heteroatoms. The molecule has 1 atom stereocenters. The van der Waals surface area contributed by atoms with Gasteiger partial charge < -0.3 is 15.4 Å². The number of thiocarbonyl (C=S) groups is 1. The number of methoxy groups -OCH3 is 1. The van der Waals surface area contributed by atoms with Crippen LogP contribution in [0.5, 0.6) is 5.75 Å². The first kappa shape index (κ1) is 14.7. The van der Waals surface area contributed by atoms with E-state index >= 15 is 0 Å². The van der Waals surface area contributed by atoms with Crippen molar-refractivity contribution in [3.05, 3.63) is 29.6 Å². The topological polar surface area (TPSA) is 33.3 Å². The highest BCUT2D eigenvalue weighted by atomic mass is 32.1. The third-order valence-corrected chi connectivity index (χ3v) is 2.82. The second-order valence-electron chi connectivity index (χ2n) is 4.02. The molecular formula is C13H19FN2OS. The molecule has 3 nitrogen and oxygen atoms in total. The van der Waals surface area contributed by atoms with Crippen molar-refractivity contribution in [2.24, 2.45) is 0 Å². The number of rotatable bonds is 5.